The molecule has 2 nitrogen and oxygen atoms in total. The van der Waals surface area contributed by atoms with Gasteiger partial charge in [0.05, 0.1) is 6.54 Å². The predicted octanol–water partition coefficient (Wildman–Crippen LogP) is 1.07. The van der Waals surface area contributed by atoms with Crippen molar-refractivity contribution in [1.29, 1.82) is 0 Å². The topological polar surface area (TPSA) is 38.0 Å². The fraction of sp³-hybridized carbons (Fsp3) is 1.00. The monoisotopic (exact) mass is 210 g/mol. The largest absolute Gasteiger partial charge is 0.329 e. The van der Waals surface area contributed by atoms with Crippen LogP contribution in [0.1, 0.15) is 12.8 Å². The van der Waals surface area contributed by atoms with Gasteiger partial charge >= 0.3 is 0 Å². The average Bonchev–Trinajstić information content (AvgIpc) is 2.16. The molecule has 0 radical (unpaired) electrons. The maximum Gasteiger partial charge on any atom is 0.250 e. The molecule has 1 atom stereocenters. The SMILES string of the molecule is NCC1(NCC(F)F)CCCSC1. The molecule has 0 aromatic carbocycles. The molecule has 0 spiro atoms. The van der Waals surface area contributed by atoms with Crippen molar-refractivity contribution in [3.63, 3.8) is 0 Å². The van der Waals surface area contributed by atoms with E-state index in [0.29, 0.717) is 6.54 Å². The number of thioether (sulfide) groups is 1. The molecule has 1 rings (SSSR count). The minimum atomic E-state index is -2.28. The number of nitrogens with two attached hydrogens (primary N) is 1. The molecule has 13 heavy (non-hydrogen) atoms. The van der Waals surface area contributed by atoms with E-state index in [4.69, 9.17) is 5.73 Å². The Morgan fingerprint density at radius 3 is 2.77 bits per heavy atom. The summed E-state index contributed by atoms with van der Waals surface area (Å²) in [5.41, 5.74) is 5.37. The zero-order valence-electron chi connectivity index (χ0n) is 7.56. The van der Waals surface area contributed by atoms with Gasteiger partial charge in [0.2, 0.25) is 0 Å². The molecule has 0 saturated carbocycles. The van der Waals surface area contributed by atoms with Crippen LogP contribution in [0.3, 0.4) is 0 Å². The molecular weight excluding hydrogens is 194 g/mol. The van der Waals surface area contributed by atoms with Crippen LogP contribution in [0.2, 0.25) is 0 Å². The van der Waals surface area contributed by atoms with Gasteiger partial charge in [-0.05, 0) is 18.6 Å². The molecule has 1 fully saturated rings. The van der Waals surface area contributed by atoms with Crippen LogP contribution in [0.15, 0.2) is 0 Å². The first-order chi connectivity index (χ1) is 6.18. The molecule has 1 heterocycles. The highest BCUT2D eigenvalue weighted by Crippen LogP contribution is 2.25. The van der Waals surface area contributed by atoms with Gasteiger partial charge in [-0.3, -0.25) is 0 Å². The van der Waals surface area contributed by atoms with Crippen molar-refractivity contribution in [1.82, 2.24) is 5.32 Å². The van der Waals surface area contributed by atoms with Gasteiger partial charge in [-0.2, -0.15) is 11.8 Å². The van der Waals surface area contributed by atoms with E-state index in [2.05, 4.69) is 5.32 Å². The van der Waals surface area contributed by atoms with E-state index in [1.807, 2.05) is 0 Å². The van der Waals surface area contributed by atoms with Crippen LogP contribution in [-0.2, 0) is 0 Å². The second-order valence-corrected chi connectivity index (χ2v) is 4.52. The third kappa shape index (κ3) is 3.40. The molecule has 1 aliphatic heterocycles. The van der Waals surface area contributed by atoms with Crippen molar-refractivity contribution >= 4 is 11.8 Å². The molecule has 1 unspecified atom stereocenters. The maximum absolute atomic E-state index is 12.0. The van der Waals surface area contributed by atoms with Crippen molar-refractivity contribution in [2.24, 2.45) is 5.73 Å². The van der Waals surface area contributed by atoms with Crippen LogP contribution in [-0.4, -0.2) is 36.6 Å². The molecular formula is C8H16F2N2S. The third-order valence-corrected chi connectivity index (χ3v) is 3.68. The van der Waals surface area contributed by atoms with Crippen molar-refractivity contribution < 1.29 is 8.78 Å². The summed E-state index contributed by atoms with van der Waals surface area (Å²) < 4.78 is 24.0. The molecule has 78 valence electrons. The van der Waals surface area contributed by atoms with Crippen molar-refractivity contribution in [3.8, 4) is 0 Å². The first-order valence-electron chi connectivity index (χ1n) is 4.49. The highest BCUT2D eigenvalue weighted by atomic mass is 32.2. The average molecular weight is 210 g/mol. The number of halogens is 2. The van der Waals surface area contributed by atoms with E-state index in [-0.39, 0.29) is 12.1 Å². The van der Waals surface area contributed by atoms with Crippen molar-refractivity contribution in [3.05, 3.63) is 0 Å². The van der Waals surface area contributed by atoms with Crippen molar-refractivity contribution in [2.45, 2.75) is 24.8 Å². The summed E-state index contributed by atoms with van der Waals surface area (Å²) >= 11 is 1.79. The summed E-state index contributed by atoms with van der Waals surface area (Å²) in [6, 6.07) is 0. The fourth-order valence-electron chi connectivity index (χ4n) is 1.52. The van der Waals surface area contributed by atoms with Crippen LogP contribution in [0.5, 0.6) is 0 Å². The smallest absolute Gasteiger partial charge is 0.250 e. The van der Waals surface area contributed by atoms with Crippen LogP contribution in [0, 0.1) is 0 Å². The number of alkyl halides is 2. The summed E-state index contributed by atoms with van der Waals surface area (Å²) in [5, 5.41) is 2.89. The van der Waals surface area contributed by atoms with Crippen molar-refractivity contribution in [2.75, 3.05) is 24.6 Å². The lowest BCUT2D eigenvalue weighted by molar-refractivity contribution is 0.130. The van der Waals surface area contributed by atoms with Crippen LogP contribution >= 0.6 is 11.8 Å². The normalized spacial score (nSPS) is 29.5. The molecule has 1 saturated heterocycles. The molecule has 3 N–H and O–H groups in total. The van der Waals surface area contributed by atoms with E-state index in [9.17, 15) is 8.78 Å². The third-order valence-electron chi connectivity index (χ3n) is 2.34. The van der Waals surface area contributed by atoms with E-state index < -0.39 is 6.43 Å². The molecule has 0 aliphatic carbocycles. The summed E-state index contributed by atoms with van der Waals surface area (Å²) in [5.74, 6) is 1.98. The number of nitrogens with one attached hydrogen (secondary N) is 1. The first kappa shape index (κ1) is 11.2. The van der Waals surface area contributed by atoms with Gasteiger partial charge in [0.1, 0.15) is 0 Å². The quantitative estimate of drug-likeness (QED) is 0.729. The van der Waals surface area contributed by atoms with E-state index in [0.717, 1.165) is 24.3 Å². The summed E-state index contributed by atoms with van der Waals surface area (Å²) in [6.45, 7) is 0.213. The highest BCUT2D eigenvalue weighted by molar-refractivity contribution is 7.99. The van der Waals surface area contributed by atoms with Crippen LogP contribution < -0.4 is 11.1 Å². The zero-order chi connectivity index (χ0) is 9.73. The lowest BCUT2D eigenvalue weighted by atomic mass is 9.95. The van der Waals surface area contributed by atoms with E-state index >= 15 is 0 Å². The Balaban J connectivity index is 2.38. The molecule has 0 aromatic heterocycles. The zero-order valence-corrected chi connectivity index (χ0v) is 8.38. The Kier molecular flexibility index (Phi) is 4.41. The fourth-order valence-corrected chi connectivity index (χ4v) is 2.77. The van der Waals surface area contributed by atoms with Gasteiger partial charge in [0.25, 0.3) is 6.43 Å². The van der Waals surface area contributed by atoms with Gasteiger partial charge in [0, 0.05) is 17.8 Å². The van der Waals surface area contributed by atoms with Gasteiger partial charge < -0.3 is 11.1 Å². The summed E-state index contributed by atoms with van der Waals surface area (Å²) in [7, 11) is 0. The first-order valence-corrected chi connectivity index (χ1v) is 5.65. The van der Waals surface area contributed by atoms with Crippen LogP contribution in [0.25, 0.3) is 0 Å². The van der Waals surface area contributed by atoms with Gasteiger partial charge in [-0.1, -0.05) is 0 Å². The second kappa shape index (κ2) is 5.12. The second-order valence-electron chi connectivity index (χ2n) is 3.41. The summed E-state index contributed by atoms with van der Waals surface area (Å²) in [6.07, 6.45) is -0.295. The summed E-state index contributed by atoms with van der Waals surface area (Å²) in [4.78, 5) is 0. The Labute approximate surface area is 81.6 Å². The predicted molar refractivity (Wildman–Crippen MR) is 52.4 cm³/mol. The maximum atomic E-state index is 12.0. The number of hydrogen-bond acceptors (Lipinski definition) is 3. The van der Waals surface area contributed by atoms with E-state index in [1.165, 1.54) is 0 Å². The van der Waals surface area contributed by atoms with E-state index in [1.54, 1.807) is 11.8 Å². The lowest BCUT2D eigenvalue weighted by Crippen LogP contribution is -2.56. The van der Waals surface area contributed by atoms with Gasteiger partial charge in [0.15, 0.2) is 0 Å². The molecule has 0 bridgehead atoms. The van der Waals surface area contributed by atoms with Gasteiger partial charge in [-0.15, -0.1) is 0 Å². The molecule has 0 aromatic rings. The van der Waals surface area contributed by atoms with Gasteiger partial charge in [-0.25, -0.2) is 8.78 Å². The lowest BCUT2D eigenvalue weighted by Gasteiger charge is -2.36. The number of hydrogen-bond donors (Lipinski definition) is 2. The Morgan fingerprint density at radius 2 is 2.31 bits per heavy atom. The van der Waals surface area contributed by atoms with Crippen LogP contribution in [0.4, 0.5) is 8.78 Å². The standard InChI is InChI=1S/C8H16F2N2S/c9-7(10)4-12-8(5-11)2-1-3-13-6-8/h7,12H,1-6,11H2. The molecule has 5 heteroatoms. The molecule has 0 amide bonds. The highest BCUT2D eigenvalue weighted by Gasteiger charge is 2.30. The Bertz CT molecular complexity index is 149. The molecule has 1 aliphatic rings. The Hall–Kier alpha value is 0.130. The minimum absolute atomic E-state index is 0.237. The minimum Gasteiger partial charge on any atom is -0.329 e. The number of rotatable bonds is 4. The Morgan fingerprint density at radius 1 is 1.54 bits per heavy atom.